The van der Waals surface area contributed by atoms with Crippen molar-refractivity contribution in [3.63, 3.8) is 0 Å². The average molecular weight is 218 g/mol. The molecular weight excluding hydrogens is 200 g/mol. The molecule has 1 rings (SSSR count). The Morgan fingerprint density at radius 2 is 2.06 bits per heavy atom. The highest BCUT2D eigenvalue weighted by Gasteiger charge is 2.00. The van der Waals surface area contributed by atoms with Gasteiger partial charge in [0.2, 0.25) is 0 Å². The Morgan fingerprint density at radius 3 is 2.69 bits per heavy atom. The molecule has 2 nitrogen and oxygen atoms in total. The predicted molar refractivity (Wildman–Crippen MR) is 65.1 cm³/mol. The predicted octanol–water partition coefficient (Wildman–Crippen LogP) is 2.98. The Morgan fingerprint density at radius 1 is 1.38 bits per heavy atom. The molecule has 0 bridgehead atoms. The lowest BCUT2D eigenvalue weighted by atomic mass is 10.0. The van der Waals surface area contributed by atoms with Gasteiger partial charge in [-0.05, 0) is 24.3 Å². The summed E-state index contributed by atoms with van der Waals surface area (Å²) in [6.07, 6.45) is 5.47. The first-order chi connectivity index (χ1) is 7.72. The minimum atomic E-state index is -0.286. The van der Waals surface area contributed by atoms with Gasteiger partial charge in [-0.1, -0.05) is 43.3 Å². The molecule has 0 spiro atoms. The topological polar surface area (TPSA) is 26.3 Å². The summed E-state index contributed by atoms with van der Waals surface area (Å²) in [7, 11) is 1.39. The van der Waals surface area contributed by atoms with Crippen molar-refractivity contribution in [3.8, 4) is 0 Å². The number of methoxy groups -OCH3 is 1. The van der Waals surface area contributed by atoms with Crippen LogP contribution >= 0.6 is 0 Å². The zero-order valence-corrected chi connectivity index (χ0v) is 9.85. The molecule has 2 heteroatoms. The summed E-state index contributed by atoms with van der Waals surface area (Å²) >= 11 is 0. The Balaban J connectivity index is 2.33. The first-order valence-electron chi connectivity index (χ1n) is 5.52. The smallest absolute Gasteiger partial charge is 0.330 e. The minimum absolute atomic E-state index is 0.286. The fraction of sp³-hybridized carbons (Fsp3) is 0.357. The van der Waals surface area contributed by atoms with Gasteiger partial charge >= 0.3 is 5.97 Å². The summed E-state index contributed by atoms with van der Waals surface area (Å²) in [6, 6.07) is 10.4. The monoisotopic (exact) mass is 218 g/mol. The van der Waals surface area contributed by atoms with Crippen LogP contribution in [0, 0.1) is 5.92 Å². The van der Waals surface area contributed by atoms with E-state index >= 15 is 0 Å². The number of esters is 1. The highest BCUT2D eigenvalue weighted by molar-refractivity contribution is 5.81. The Bertz CT molecular complexity index is 341. The number of ether oxygens (including phenoxy) is 1. The molecule has 0 aliphatic heterocycles. The highest BCUT2D eigenvalue weighted by Crippen LogP contribution is 2.10. The number of benzene rings is 1. The molecule has 1 aromatic carbocycles. The Hall–Kier alpha value is -1.57. The summed E-state index contributed by atoms with van der Waals surface area (Å²) < 4.78 is 4.54. The molecule has 16 heavy (non-hydrogen) atoms. The summed E-state index contributed by atoms with van der Waals surface area (Å²) in [5.41, 5.74) is 1.33. The third-order valence-corrected chi connectivity index (χ3v) is 2.49. The van der Waals surface area contributed by atoms with Gasteiger partial charge in [0, 0.05) is 6.08 Å². The van der Waals surface area contributed by atoms with Crippen LogP contribution in [0.4, 0.5) is 0 Å². The Kier molecular flexibility index (Phi) is 5.34. The van der Waals surface area contributed by atoms with E-state index in [4.69, 9.17) is 0 Å². The van der Waals surface area contributed by atoms with Crippen LogP contribution in [-0.2, 0) is 16.0 Å². The molecule has 1 atom stereocenters. The van der Waals surface area contributed by atoms with E-state index < -0.39 is 0 Å². The summed E-state index contributed by atoms with van der Waals surface area (Å²) in [5, 5.41) is 0. The lowest BCUT2D eigenvalue weighted by Gasteiger charge is -2.05. The van der Waals surface area contributed by atoms with Crippen LogP contribution in [0.2, 0.25) is 0 Å². The van der Waals surface area contributed by atoms with Crippen molar-refractivity contribution >= 4 is 5.97 Å². The number of aryl methyl sites for hydroxylation is 1. The van der Waals surface area contributed by atoms with E-state index in [0.29, 0.717) is 5.92 Å². The van der Waals surface area contributed by atoms with Gasteiger partial charge in [-0.3, -0.25) is 0 Å². The van der Waals surface area contributed by atoms with Crippen LogP contribution in [0.3, 0.4) is 0 Å². The highest BCUT2D eigenvalue weighted by atomic mass is 16.5. The summed E-state index contributed by atoms with van der Waals surface area (Å²) in [5.74, 6) is 0.103. The molecule has 0 amide bonds. The van der Waals surface area contributed by atoms with Crippen molar-refractivity contribution < 1.29 is 9.53 Å². The SMILES string of the molecule is COC(=O)/C=C/[C@@H](C)CCc1ccccc1. The molecular formula is C14H18O2. The van der Waals surface area contributed by atoms with Gasteiger partial charge in [0.05, 0.1) is 7.11 Å². The maximum absolute atomic E-state index is 10.9. The molecule has 0 fully saturated rings. The number of carbonyl (C=O) groups excluding carboxylic acids is 1. The van der Waals surface area contributed by atoms with E-state index in [2.05, 4.69) is 23.8 Å². The molecule has 0 radical (unpaired) electrons. The normalized spacial score (nSPS) is 12.6. The first-order valence-corrected chi connectivity index (χ1v) is 5.52. The van der Waals surface area contributed by atoms with Gasteiger partial charge in [-0.15, -0.1) is 0 Å². The molecule has 86 valence electrons. The fourth-order valence-corrected chi connectivity index (χ4v) is 1.45. The van der Waals surface area contributed by atoms with Crippen LogP contribution in [0.5, 0.6) is 0 Å². The maximum Gasteiger partial charge on any atom is 0.330 e. The third-order valence-electron chi connectivity index (χ3n) is 2.49. The first kappa shape index (κ1) is 12.5. The number of hydrogen-bond acceptors (Lipinski definition) is 2. The zero-order valence-electron chi connectivity index (χ0n) is 9.85. The van der Waals surface area contributed by atoms with E-state index in [-0.39, 0.29) is 5.97 Å². The summed E-state index contributed by atoms with van der Waals surface area (Å²) in [4.78, 5) is 10.9. The lowest BCUT2D eigenvalue weighted by molar-refractivity contribution is -0.134. The molecule has 0 unspecified atom stereocenters. The minimum Gasteiger partial charge on any atom is -0.466 e. The maximum atomic E-state index is 10.9. The van der Waals surface area contributed by atoms with E-state index in [0.717, 1.165) is 12.8 Å². The van der Waals surface area contributed by atoms with Crippen LogP contribution in [0.1, 0.15) is 18.9 Å². The molecule has 0 aliphatic rings. The van der Waals surface area contributed by atoms with E-state index in [1.807, 2.05) is 24.3 Å². The van der Waals surface area contributed by atoms with Gasteiger partial charge in [-0.2, -0.15) is 0 Å². The average Bonchev–Trinajstić information content (AvgIpc) is 2.34. The van der Waals surface area contributed by atoms with E-state index in [1.165, 1.54) is 18.7 Å². The van der Waals surface area contributed by atoms with Crippen LogP contribution < -0.4 is 0 Å². The van der Waals surface area contributed by atoms with Crippen molar-refractivity contribution in [1.29, 1.82) is 0 Å². The quantitative estimate of drug-likeness (QED) is 0.561. The van der Waals surface area contributed by atoms with Gasteiger partial charge in [0.1, 0.15) is 0 Å². The number of rotatable bonds is 5. The van der Waals surface area contributed by atoms with Gasteiger partial charge in [0.25, 0.3) is 0 Å². The molecule has 0 heterocycles. The largest absolute Gasteiger partial charge is 0.466 e. The standard InChI is InChI=1S/C14H18O2/c1-12(9-11-14(15)16-2)8-10-13-6-4-3-5-7-13/h3-7,9,11-12H,8,10H2,1-2H3/b11-9+/t12-/m0/s1. The fourth-order valence-electron chi connectivity index (χ4n) is 1.45. The molecule has 0 saturated carbocycles. The molecule has 0 saturated heterocycles. The number of hydrogen-bond donors (Lipinski definition) is 0. The number of carbonyl (C=O) groups is 1. The second-order valence-electron chi connectivity index (χ2n) is 3.88. The molecule has 0 N–H and O–H groups in total. The van der Waals surface area contributed by atoms with Gasteiger partial charge < -0.3 is 4.74 Å². The third kappa shape index (κ3) is 4.78. The Labute approximate surface area is 96.9 Å². The molecule has 1 aromatic rings. The molecule has 0 aliphatic carbocycles. The van der Waals surface area contributed by atoms with E-state index in [9.17, 15) is 4.79 Å². The second-order valence-corrected chi connectivity index (χ2v) is 3.88. The van der Waals surface area contributed by atoms with E-state index in [1.54, 1.807) is 0 Å². The van der Waals surface area contributed by atoms with Gasteiger partial charge in [0.15, 0.2) is 0 Å². The van der Waals surface area contributed by atoms with Crippen LogP contribution in [0.25, 0.3) is 0 Å². The van der Waals surface area contributed by atoms with Crippen LogP contribution in [0.15, 0.2) is 42.5 Å². The van der Waals surface area contributed by atoms with Crippen molar-refractivity contribution in [1.82, 2.24) is 0 Å². The second kappa shape index (κ2) is 6.83. The summed E-state index contributed by atoms with van der Waals surface area (Å²) in [6.45, 7) is 2.10. The number of allylic oxidation sites excluding steroid dienone is 1. The van der Waals surface area contributed by atoms with Crippen molar-refractivity contribution in [2.45, 2.75) is 19.8 Å². The van der Waals surface area contributed by atoms with Crippen LogP contribution in [-0.4, -0.2) is 13.1 Å². The zero-order chi connectivity index (χ0) is 11.8. The van der Waals surface area contributed by atoms with Crippen molar-refractivity contribution in [2.75, 3.05) is 7.11 Å². The van der Waals surface area contributed by atoms with Gasteiger partial charge in [-0.25, -0.2) is 4.79 Å². The molecule has 0 aromatic heterocycles. The lowest BCUT2D eigenvalue weighted by Crippen LogP contribution is -1.98. The van der Waals surface area contributed by atoms with Crippen molar-refractivity contribution in [2.24, 2.45) is 5.92 Å². The van der Waals surface area contributed by atoms with Crippen molar-refractivity contribution in [3.05, 3.63) is 48.0 Å².